The Balaban J connectivity index is 2.35. The summed E-state index contributed by atoms with van der Waals surface area (Å²) in [6.45, 7) is 6.51. The summed E-state index contributed by atoms with van der Waals surface area (Å²) in [6, 6.07) is 0. The Morgan fingerprint density at radius 1 is 1.44 bits per heavy atom. The van der Waals surface area contributed by atoms with Gasteiger partial charge in [-0.3, -0.25) is 0 Å². The van der Waals surface area contributed by atoms with Crippen LogP contribution in [0.3, 0.4) is 0 Å². The van der Waals surface area contributed by atoms with Crippen molar-refractivity contribution in [3.05, 3.63) is 0 Å². The zero-order chi connectivity index (χ0) is 12.3. The molecule has 1 unspecified atom stereocenters. The molecule has 1 heterocycles. The van der Waals surface area contributed by atoms with Crippen LogP contribution in [0, 0.1) is 5.92 Å². The van der Waals surface area contributed by atoms with Gasteiger partial charge in [-0.2, -0.15) is 0 Å². The molecule has 1 aliphatic heterocycles. The average Bonchev–Trinajstić information content (AvgIpc) is 2.06. The van der Waals surface area contributed by atoms with Crippen molar-refractivity contribution in [2.24, 2.45) is 5.92 Å². The number of aldehydes is 1. The van der Waals surface area contributed by atoms with E-state index in [1.54, 1.807) is 4.90 Å². The minimum absolute atomic E-state index is 0.0926. The van der Waals surface area contributed by atoms with Crippen LogP contribution in [0.5, 0.6) is 0 Å². The number of rotatable bonds is 3. The Hall–Kier alpha value is -1.10. The van der Waals surface area contributed by atoms with E-state index in [9.17, 15) is 9.59 Å². The lowest BCUT2D eigenvalue weighted by Crippen LogP contribution is -2.56. The van der Waals surface area contributed by atoms with Crippen LogP contribution < -0.4 is 0 Å². The van der Waals surface area contributed by atoms with E-state index in [2.05, 4.69) is 0 Å². The number of hydrogen-bond donors (Lipinski definition) is 0. The number of amides is 1. The SMILES string of the molecule is COC(C=O)C1CN(C(=O)OC(C)(C)C)C1. The standard InChI is InChI=1S/C11H19NO4/c1-11(2,3)16-10(14)12-5-8(6-12)9(7-13)15-4/h7-9H,5-6H2,1-4H3. The van der Waals surface area contributed by atoms with E-state index in [-0.39, 0.29) is 12.0 Å². The average molecular weight is 229 g/mol. The second-order valence-corrected chi connectivity index (χ2v) is 4.98. The highest BCUT2D eigenvalue weighted by Crippen LogP contribution is 2.22. The molecule has 0 aromatic carbocycles. The third-order valence-electron chi connectivity index (χ3n) is 2.43. The first-order valence-corrected chi connectivity index (χ1v) is 5.33. The molecule has 0 N–H and O–H groups in total. The summed E-state index contributed by atoms with van der Waals surface area (Å²) in [6.07, 6.45) is 0.0279. The molecule has 0 aliphatic carbocycles. The molecule has 1 rings (SSSR count). The largest absolute Gasteiger partial charge is 0.444 e. The van der Waals surface area contributed by atoms with Crippen molar-refractivity contribution in [3.8, 4) is 0 Å². The van der Waals surface area contributed by atoms with Gasteiger partial charge in [0.1, 0.15) is 18.0 Å². The van der Waals surface area contributed by atoms with Crippen molar-refractivity contribution in [1.29, 1.82) is 0 Å². The van der Waals surface area contributed by atoms with Gasteiger partial charge < -0.3 is 19.2 Å². The number of hydrogen-bond acceptors (Lipinski definition) is 4. The molecule has 1 fully saturated rings. The molecule has 16 heavy (non-hydrogen) atoms. The predicted octanol–water partition coefficient (Wildman–Crippen LogP) is 1.07. The molecule has 5 nitrogen and oxygen atoms in total. The minimum Gasteiger partial charge on any atom is -0.444 e. The van der Waals surface area contributed by atoms with Crippen LogP contribution in [0.1, 0.15) is 20.8 Å². The van der Waals surface area contributed by atoms with E-state index >= 15 is 0 Å². The Bertz CT molecular complexity index is 266. The van der Waals surface area contributed by atoms with Crippen LogP contribution in [0.15, 0.2) is 0 Å². The Morgan fingerprint density at radius 3 is 2.38 bits per heavy atom. The fourth-order valence-electron chi connectivity index (χ4n) is 1.56. The summed E-state index contributed by atoms with van der Waals surface area (Å²) in [5.41, 5.74) is -0.479. The van der Waals surface area contributed by atoms with Crippen LogP contribution >= 0.6 is 0 Å². The Kier molecular flexibility index (Phi) is 3.91. The van der Waals surface area contributed by atoms with Gasteiger partial charge in [0, 0.05) is 26.1 Å². The predicted molar refractivity (Wildman–Crippen MR) is 58.2 cm³/mol. The molecule has 0 aromatic heterocycles. The zero-order valence-corrected chi connectivity index (χ0v) is 10.2. The molecule has 1 amide bonds. The van der Waals surface area contributed by atoms with Gasteiger partial charge in [-0.1, -0.05) is 0 Å². The van der Waals surface area contributed by atoms with Gasteiger partial charge in [0.15, 0.2) is 0 Å². The molecular weight excluding hydrogens is 210 g/mol. The molecule has 1 saturated heterocycles. The summed E-state index contributed by atoms with van der Waals surface area (Å²) >= 11 is 0. The number of carbonyl (C=O) groups excluding carboxylic acids is 2. The summed E-state index contributed by atoms with van der Waals surface area (Å²) in [5.74, 6) is 0.0926. The quantitative estimate of drug-likeness (QED) is 0.679. The highest BCUT2D eigenvalue weighted by molar-refractivity contribution is 5.69. The van der Waals surface area contributed by atoms with E-state index < -0.39 is 11.7 Å². The van der Waals surface area contributed by atoms with E-state index in [0.717, 1.165) is 6.29 Å². The van der Waals surface area contributed by atoms with Crippen molar-refractivity contribution in [1.82, 2.24) is 4.90 Å². The van der Waals surface area contributed by atoms with Crippen molar-refractivity contribution in [2.75, 3.05) is 20.2 Å². The van der Waals surface area contributed by atoms with Crippen LogP contribution in [0.4, 0.5) is 4.79 Å². The van der Waals surface area contributed by atoms with E-state index in [1.807, 2.05) is 20.8 Å². The maximum absolute atomic E-state index is 11.6. The minimum atomic E-state index is -0.479. The van der Waals surface area contributed by atoms with E-state index in [4.69, 9.17) is 9.47 Å². The summed E-state index contributed by atoms with van der Waals surface area (Å²) in [5, 5.41) is 0. The van der Waals surface area contributed by atoms with Gasteiger partial charge >= 0.3 is 6.09 Å². The zero-order valence-electron chi connectivity index (χ0n) is 10.2. The first kappa shape index (κ1) is 13.0. The van der Waals surface area contributed by atoms with E-state index in [0.29, 0.717) is 13.1 Å². The number of carbonyl (C=O) groups is 2. The lowest BCUT2D eigenvalue weighted by atomic mass is 9.95. The maximum Gasteiger partial charge on any atom is 0.410 e. The van der Waals surface area contributed by atoms with Gasteiger partial charge in [-0.25, -0.2) is 4.79 Å². The smallest absolute Gasteiger partial charge is 0.410 e. The third kappa shape index (κ3) is 3.20. The van der Waals surface area contributed by atoms with Gasteiger partial charge in [-0.15, -0.1) is 0 Å². The fourth-order valence-corrected chi connectivity index (χ4v) is 1.56. The van der Waals surface area contributed by atoms with Gasteiger partial charge in [0.05, 0.1) is 0 Å². The molecule has 0 spiro atoms. The molecule has 92 valence electrons. The third-order valence-corrected chi connectivity index (χ3v) is 2.43. The topological polar surface area (TPSA) is 55.8 Å². The van der Waals surface area contributed by atoms with Gasteiger partial charge in [0.25, 0.3) is 0 Å². The molecule has 1 aliphatic rings. The molecule has 0 bridgehead atoms. The summed E-state index contributed by atoms with van der Waals surface area (Å²) in [7, 11) is 1.50. The van der Waals surface area contributed by atoms with Crippen LogP contribution in [0.2, 0.25) is 0 Å². The first-order chi connectivity index (χ1) is 7.37. The number of ether oxygens (including phenoxy) is 2. The van der Waals surface area contributed by atoms with Crippen molar-refractivity contribution >= 4 is 12.4 Å². The number of methoxy groups -OCH3 is 1. The maximum atomic E-state index is 11.6. The molecule has 5 heteroatoms. The van der Waals surface area contributed by atoms with Crippen molar-refractivity contribution in [2.45, 2.75) is 32.5 Å². The highest BCUT2D eigenvalue weighted by Gasteiger charge is 2.38. The molecule has 0 radical (unpaired) electrons. The second-order valence-electron chi connectivity index (χ2n) is 4.98. The van der Waals surface area contributed by atoms with Crippen LogP contribution in [-0.4, -0.2) is 49.2 Å². The summed E-state index contributed by atoms with van der Waals surface area (Å²) < 4.78 is 10.2. The normalized spacial score (nSPS) is 18.9. The lowest BCUT2D eigenvalue weighted by Gasteiger charge is -2.41. The van der Waals surface area contributed by atoms with Gasteiger partial charge in [-0.05, 0) is 20.8 Å². The Morgan fingerprint density at radius 2 is 2.00 bits per heavy atom. The highest BCUT2D eigenvalue weighted by atomic mass is 16.6. The fraction of sp³-hybridized carbons (Fsp3) is 0.818. The van der Waals surface area contributed by atoms with Crippen LogP contribution in [-0.2, 0) is 14.3 Å². The Labute approximate surface area is 95.7 Å². The number of nitrogens with zero attached hydrogens (tertiary/aromatic N) is 1. The van der Waals surface area contributed by atoms with Crippen molar-refractivity contribution in [3.63, 3.8) is 0 Å². The molecule has 0 aromatic rings. The molecular formula is C11H19NO4. The second kappa shape index (κ2) is 4.82. The lowest BCUT2D eigenvalue weighted by molar-refractivity contribution is -0.123. The van der Waals surface area contributed by atoms with E-state index in [1.165, 1.54) is 7.11 Å². The van der Waals surface area contributed by atoms with Gasteiger partial charge in [0.2, 0.25) is 0 Å². The van der Waals surface area contributed by atoms with Crippen molar-refractivity contribution < 1.29 is 19.1 Å². The molecule has 1 atom stereocenters. The van der Waals surface area contributed by atoms with Crippen LogP contribution in [0.25, 0.3) is 0 Å². The first-order valence-electron chi connectivity index (χ1n) is 5.33. The summed E-state index contributed by atoms with van der Waals surface area (Å²) in [4.78, 5) is 23.8. The molecule has 0 saturated carbocycles. The number of likely N-dealkylation sites (tertiary alicyclic amines) is 1. The monoisotopic (exact) mass is 229 g/mol.